The lowest BCUT2D eigenvalue weighted by molar-refractivity contribution is 0.458. The number of rotatable bonds is 1. The van der Waals surface area contributed by atoms with Crippen LogP contribution in [0.5, 0.6) is 0 Å². The van der Waals surface area contributed by atoms with Gasteiger partial charge in [0.25, 0.3) is 5.95 Å². The van der Waals surface area contributed by atoms with Gasteiger partial charge in [-0.05, 0) is 13.8 Å². The smallest absolute Gasteiger partial charge is 0.215 e. The molecule has 0 aliphatic heterocycles. The molecule has 0 aliphatic carbocycles. The molecule has 3 nitrogen and oxygen atoms in total. The fourth-order valence-electron chi connectivity index (χ4n) is 1.41. The molecule has 0 atom stereocenters. The fourth-order valence-corrected chi connectivity index (χ4v) is 1.53. The molecule has 0 bridgehead atoms. The number of hydrogen-bond acceptors (Lipinski definition) is 2. The number of halogens is 4. The predicted octanol–water partition coefficient (Wildman–Crippen LogP) is 2.95. The first-order valence-corrected chi connectivity index (χ1v) is 5.03. The van der Waals surface area contributed by atoms with E-state index in [1.54, 1.807) is 13.8 Å². The Balaban J connectivity index is 2.68. The van der Waals surface area contributed by atoms with E-state index in [2.05, 4.69) is 10.1 Å². The number of aryl methyl sites for hydroxylation is 1. The second-order valence-electron chi connectivity index (χ2n) is 3.46. The fraction of sp³-hybridized carbons (Fsp3) is 0.200. The van der Waals surface area contributed by atoms with E-state index >= 15 is 0 Å². The molecule has 90 valence electrons. The molecule has 0 saturated heterocycles. The van der Waals surface area contributed by atoms with E-state index < -0.39 is 23.4 Å². The minimum atomic E-state index is -1.38. The molecular formula is C10H7ClF3N3. The molecule has 2 aromatic rings. The van der Waals surface area contributed by atoms with Gasteiger partial charge in [-0.15, -0.1) is 0 Å². The van der Waals surface area contributed by atoms with Crippen LogP contribution < -0.4 is 0 Å². The lowest BCUT2D eigenvalue weighted by Crippen LogP contribution is -2.08. The first-order valence-electron chi connectivity index (χ1n) is 4.65. The topological polar surface area (TPSA) is 30.7 Å². The molecule has 0 spiro atoms. The molecule has 2 heterocycles. The summed E-state index contributed by atoms with van der Waals surface area (Å²) in [5.41, 5.74) is 0.858. The molecule has 0 aromatic carbocycles. The zero-order valence-corrected chi connectivity index (χ0v) is 9.69. The van der Waals surface area contributed by atoms with E-state index in [0.29, 0.717) is 22.5 Å². The van der Waals surface area contributed by atoms with Crippen molar-refractivity contribution in [1.82, 2.24) is 14.8 Å². The number of aromatic nitrogens is 3. The largest absolute Gasteiger partial charge is 0.251 e. The third-order valence-electron chi connectivity index (χ3n) is 2.27. The van der Waals surface area contributed by atoms with Gasteiger partial charge in [-0.2, -0.15) is 14.5 Å². The molecular weight excluding hydrogens is 255 g/mol. The minimum absolute atomic E-state index is 0.330. The van der Waals surface area contributed by atoms with Gasteiger partial charge in [0.2, 0.25) is 0 Å². The molecule has 2 aromatic heterocycles. The van der Waals surface area contributed by atoms with Crippen LogP contribution >= 0.6 is 11.6 Å². The highest BCUT2D eigenvalue weighted by Gasteiger charge is 2.18. The van der Waals surface area contributed by atoms with Crippen molar-refractivity contribution in [3.8, 4) is 5.82 Å². The molecule has 0 saturated carbocycles. The third kappa shape index (κ3) is 1.88. The van der Waals surface area contributed by atoms with E-state index in [1.807, 2.05) is 0 Å². The Morgan fingerprint density at radius 2 is 1.82 bits per heavy atom. The Labute approximate surface area is 99.8 Å². The molecule has 17 heavy (non-hydrogen) atoms. The van der Waals surface area contributed by atoms with Crippen molar-refractivity contribution in [2.24, 2.45) is 0 Å². The maximum Gasteiger partial charge on any atom is 0.251 e. The van der Waals surface area contributed by atoms with Crippen LogP contribution in [0.2, 0.25) is 5.02 Å². The van der Waals surface area contributed by atoms with Crippen LogP contribution in [0.15, 0.2) is 6.07 Å². The summed E-state index contributed by atoms with van der Waals surface area (Å²) in [6.45, 7) is 3.19. The molecule has 0 N–H and O–H groups in total. The first-order chi connectivity index (χ1) is 7.91. The van der Waals surface area contributed by atoms with E-state index in [9.17, 15) is 13.2 Å². The first kappa shape index (κ1) is 11.9. The molecule has 0 radical (unpaired) electrons. The van der Waals surface area contributed by atoms with Crippen molar-refractivity contribution in [3.05, 3.63) is 40.1 Å². The number of nitrogens with zero attached hydrogens (tertiary/aromatic N) is 3. The van der Waals surface area contributed by atoms with Gasteiger partial charge in [-0.3, -0.25) is 0 Å². The Morgan fingerprint density at radius 1 is 1.18 bits per heavy atom. The summed E-state index contributed by atoms with van der Waals surface area (Å²) in [6.07, 6.45) is 0. The maximum atomic E-state index is 13.5. The molecule has 2 rings (SSSR count). The Bertz CT molecular complexity index is 595. The average molecular weight is 262 g/mol. The highest BCUT2D eigenvalue weighted by atomic mass is 35.5. The van der Waals surface area contributed by atoms with Gasteiger partial charge < -0.3 is 0 Å². The summed E-state index contributed by atoms with van der Waals surface area (Å²) in [7, 11) is 0. The van der Waals surface area contributed by atoms with Gasteiger partial charge in [0.15, 0.2) is 17.5 Å². The van der Waals surface area contributed by atoms with E-state index in [4.69, 9.17) is 11.6 Å². The molecule has 0 aliphatic rings. The van der Waals surface area contributed by atoms with Crippen LogP contribution in [-0.4, -0.2) is 14.8 Å². The summed E-state index contributed by atoms with van der Waals surface area (Å²) in [6, 6.07) is 0.419. The van der Waals surface area contributed by atoms with Gasteiger partial charge in [-0.1, -0.05) is 11.6 Å². The molecule has 7 heteroatoms. The summed E-state index contributed by atoms with van der Waals surface area (Å²) >= 11 is 5.87. The molecule has 0 amide bonds. The highest BCUT2D eigenvalue weighted by molar-refractivity contribution is 6.31. The average Bonchev–Trinajstić information content (AvgIpc) is 2.51. The summed E-state index contributed by atoms with van der Waals surface area (Å²) in [5.74, 6) is -4.16. The Morgan fingerprint density at radius 3 is 2.35 bits per heavy atom. The second kappa shape index (κ2) is 4.03. The SMILES string of the molecule is Cc1nn(-c2nc(F)c(F)cc2F)c(C)c1Cl. The Hall–Kier alpha value is -1.56. The van der Waals surface area contributed by atoms with E-state index in [0.717, 1.165) is 4.68 Å². The van der Waals surface area contributed by atoms with Gasteiger partial charge >= 0.3 is 0 Å². The van der Waals surface area contributed by atoms with Gasteiger partial charge in [0.1, 0.15) is 0 Å². The molecule has 0 fully saturated rings. The van der Waals surface area contributed by atoms with Gasteiger partial charge in [0.05, 0.1) is 16.4 Å². The normalized spacial score (nSPS) is 10.9. The monoisotopic (exact) mass is 261 g/mol. The van der Waals surface area contributed by atoms with Crippen molar-refractivity contribution in [2.45, 2.75) is 13.8 Å². The minimum Gasteiger partial charge on any atom is -0.215 e. The maximum absolute atomic E-state index is 13.5. The van der Waals surface area contributed by atoms with Crippen LogP contribution in [0.4, 0.5) is 13.2 Å². The van der Waals surface area contributed by atoms with Crippen molar-refractivity contribution in [2.75, 3.05) is 0 Å². The van der Waals surface area contributed by atoms with Crippen molar-refractivity contribution < 1.29 is 13.2 Å². The lowest BCUT2D eigenvalue weighted by atomic mass is 10.4. The van der Waals surface area contributed by atoms with Crippen molar-refractivity contribution in [1.29, 1.82) is 0 Å². The predicted molar refractivity (Wildman–Crippen MR) is 55.7 cm³/mol. The van der Waals surface area contributed by atoms with Crippen LogP contribution in [0, 0.1) is 31.4 Å². The third-order valence-corrected chi connectivity index (χ3v) is 2.82. The summed E-state index contributed by atoms with van der Waals surface area (Å²) in [5, 5.41) is 4.23. The zero-order valence-electron chi connectivity index (χ0n) is 8.93. The zero-order chi connectivity index (χ0) is 12.7. The Kier molecular flexibility index (Phi) is 2.82. The van der Waals surface area contributed by atoms with Crippen LogP contribution in [0.1, 0.15) is 11.4 Å². The lowest BCUT2D eigenvalue weighted by Gasteiger charge is -2.05. The number of pyridine rings is 1. The van der Waals surface area contributed by atoms with E-state index in [-0.39, 0.29) is 0 Å². The van der Waals surface area contributed by atoms with Crippen LogP contribution in [0.3, 0.4) is 0 Å². The second-order valence-corrected chi connectivity index (χ2v) is 3.84. The van der Waals surface area contributed by atoms with Crippen molar-refractivity contribution >= 4 is 11.6 Å². The standard InChI is InChI=1S/C10H7ClF3N3/c1-4-8(11)5(2)17(16-4)10-7(13)3-6(12)9(14)15-10/h3H,1-2H3. The number of hydrogen-bond donors (Lipinski definition) is 0. The quantitative estimate of drug-likeness (QED) is 0.739. The van der Waals surface area contributed by atoms with Crippen molar-refractivity contribution in [3.63, 3.8) is 0 Å². The molecule has 0 unspecified atom stereocenters. The van der Waals surface area contributed by atoms with Crippen LogP contribution in [0.25, 0.3) is 5.82 Å². The highest BCUT2D eigenvalue weighted by Crippen LogP contribution is 2.23. The van der Waals surface area contributed by atoms with Gasteiger partial charge in [0, 0.05) is 6.07 Å². The van der Waals surface area contributed by atoms with Crippen LogP contribution in [-0.2, 0) is 0 Å². The van der Waals surface area contributed by atoms with Gasteiger partial charge in [-0.25, -0.2) is 13.5 Å². The summed E-state index contributed by atoms with van der Waals surface area (Å²) in [4.78, 5) is 3.18. The summed E-state index contributed by atoms with van der Waals surface area (Å²) < 4.78 is 40.2. The van der Waals surface area contributed by atoms with E-state index in [1.165, 1.54) is 0 Å².